The van der Waals surface area contributed by atoms with Crippen LogP contribution in [0.5, 0.6) is 0 Å². The molecule has 1 aromatic carbocycles. The van der Waals surface area contributed by atoms with Gasteiger partial charge in [-0.15, -0.1) is 0 Å². The molecule has 0 saturated heterocycles. The van der Waals surface area contributed by atoms with Crippen molar-refractivity contribution in [3.63, 3.8) is 0 Å². The Morgan fingerprint density at radius 2 is 1.89 bits per heavy atom. The van der Waals surface area contributed by atoms with Crippen molar-refractivity contribution in [3.8, 4) is 0 Å². The lowest BCUT2D eigenvalue weighted by Crippen LogP contribution is -2.33. The fourth-order valence-electron chi connectivity index (χ4n) is 2.98. The fraction of sp³-hybridized carbons (Fsp3) is 0.562. The van der Waals surface area contributed by atoms with Crippen LogP contribution < -0.4 is 11.1 Å². The van der Waals surface area contributed by atoms with E-state index in [-0.39, 0.29) is 11.3 Å². The summed E-state index contributed by atoms with van der Waals surface area (Å²) in [6, 6.07) is 8.02. The first-order valence-electron chi connectivity index (χ1n) is 7.31. The number of carbonyl (C=O) groups excluding carboxylic acids is 1. The minimum absolute atomic E-state index is 0.129. The third-order valence-corrected chi connectivity index (χ3v) is 4.36. The van der Waals surface area contributed by atoms with Crippen molar-refractivity contribution in [1.82, 2.24) is 0 Å². The second-order valence-corrected chi connectivity index (χ2v) is 5.53. The molecule has 0 unspecified atom stereocenters. The van der Waals surface area contributed by atoms with Crippen LogP contribution in [0, 0.1) is 5.41 Å². The number of hydrogen-bond acceptors (Lipinski definition) is 2. The minimum Gasteiger partial charge on any atom is -0.330 e. The second kappa shape index (κ2) is 6.20. The Morgan fingerprint density at radius 3 is 2.42 bits per heavy atom. The molecule has 0 atom stereocenters. The summed E-state index contributed by atoms with van der Waals surface area (Å²) in [6.07, 6.45) is 6.23. The first-order valence-corrected chi connectivity index (χ1v) is 7.31. The van der Waals surface area contributed by atoms with E-state index in [1.54, 1.807) is 0 Å². The molecule has 1 aliphatic rings. The number of nitrogens with two attached hydrogens (primary N) is 1. The van der Waals surface area contributed by atoms with Gasteiger partial charge >= 0.3 is 0 Å². The van der Waals surface area contributed by atoms with E-state index in [0.29, 0.717) is 6.54 Å². The summed E-state index contributed by atoms with van der Waals surface area (Å²) in [4.78, 5) is 12.4. The van der Waals surface area contributed by atoms with Crippen LogP contribution in [0.4, 0.5) is 5.69 Å². The number of nitrogens with one attached hydrogen (secondary N) is 1. The van der Waals surface area contributed by atoms with Crippen LogP contribution in [-0.2, 0) is 11.2 Å². The lowest BCUT2D eigenvalue weighted by Gasteiger charge is -2.26. The van der Waals surface area contributed by atoms with Gasteiger partial charge in [-0.1, -0.05) is 31.9 Å². The van der Waals surface area contributed by atoms with E-state index in [2.05, 4.69) is 12.2 Å². The van der Waals surface area contributed by atoms with E-state index < -0.39 is 0 Å². The van der Waals surface area contributed by atoms with Crippen molar-refractivity contribution in [2.75, 3.05) is 11.9 Å². The molecule has 0 aromatic heterocycles. The maximum absolute atomic E-state index is 12.4. The highest BCUT2D eigenvalue weighted by Gasteiger charge is 2.39. The topological polar surface area (TPSA) is 55.1 Å². The Bertz CT molecular complexity index is 419. The van der Waals surface area contributed by atoms with Crippen molar-refractivity contribution in [1.29, 1.82) is 0 Å². The number of amides is 1. The molecule has 1 aromatic rings. The van der Waals surface area contributed by atoms with Gasteiger partial charge in [0.25, 0.3) is 0 Å². The zero-order valence-electron chi connectivity index (χ0n) is 11.7. The first kappa shape index (κ1) is 14.1. The zero-order valence-corrected chi connectivity index (χ0v) is 11.7. The van der Waals surface area contributed by atoms with Crippen LogP contribution in [0.3, 0.4) is 0 Å². The average Bonchev–Trinajstić information content (AvgIpc) is 2.91. The van der Waals surface area contributed by atoms with Crippen LogP contribution in [0.25, 0.3) is 0 Å². The third-order valence-electron chi connectivity index (χ3n) is 4.36. The molecule has 1 fully saturated rings. The largest absolute Gasteiger partial charge is 0.330 e. The molecule has 0 radical (unpaired) electrons. The van der Waals surface area contributed by atoms with Gasteiger partial charge in [0.15, 0.2) is 0 Å². The molecule has 19 heavy (non-hydrogen) atoms. The molecule has 3 nitrogen and oxygen atoms in total. The number of hydrogen-bond donors (Lipinski definition) is 2. The monoisotopic (exact) mass is 260 g/mol. The molecule has 0 bridgehead atoms. The summed E-state index contributed by atoms with van der Waals surface area (Å²) in [5, 5.41) is 3.07. The summed E-state index contributed by atoms with van der Waals surface area (Å²) < 4.78 is 0. The molecular weight excluding hydrogens is 236 g/mol. The maximum atomic E-state index is 12.4. The summed E-state index contributed by atoms with van der Waals surface area (Å²) in [5.41, 5.74) is 7.51. The molecule has 104 valence electrons. The highest BCUT2D eigenvalue weighted by molar-refractivity contribution is 5.95. The summed E-state index contributed by atoms with van der Waals surface area (Å²) in [6.45, 7) is 2.78. The molecule has 0 heterocycles. The average molecular weight is 260 g/mol. The number of benzene rings is 1. The molecule has 1 amide bonds. The van der Waals surface area contributed by atoms with Crippen molar-refractivity contribution in [3.05, 3.63) is 29.8 Å². The van der Waals surface area contributed by atoms with Gasteiger partial charge in [-0.05, 0) is 49.9 Å². The molecule has 3 heteroatoms. The maximum Gasteiger partial charge on any atom is 0.230 e. The SMILES string of the molecule is CCC1(C(=O)Nc2ccc(CCN)cc2)CCCC1. The van der Waals surface area contributed by atoms with Crippen molar-refractivity contribution in [2.45, 2.75) is 45.4 Å². The lowest BCUT2D eigenvalue weighted by molar-refractivity contribution is -0.125. The van der Waals surface area contributed by atoms with Crippen LogP contribution in [0.1, 0.15) is 44.6 Å². The Hall–Kier alpha value is -1.35. The molecular formula is C16H24N2O. The van der Waals surface area contributed by atoms with Gasteiger partial charge in [0.2, 0.25) is 5.91 Å². The van der Waals surface area contributed by atoms with E-state index in [0.717, 1.165) is 31.4 Å². The fourth-order valence-corrected chi connectivity index (χ4v) is 2.98. The van der Waals surface area contributed by atoms with Crippen molar-refractivity contribution >= 4 is 11.6 Å². The predicted octanol–water partition coefficient (Wildman–Crippen LogP) is 3.10. The van der Waals surface area contributed by atoms with Gasteiger partial charge in [0, 0.05) is 11.1 Å². The first-order chi connectivity index (χ1) is 9.20. The van der Waals surface area contributed by atoms with Gasteiger partial charge in [0.1, 0.15) is 0 Å². The van der Waals surface area contributed by atoms with Crippen molar-refractivity contribution < 1.29 is 4.79 Å². The number of rotatable bonds is 5. The molecule has 1 aliphatic carbocycles. The smallest absolute Gasteiger partial charge is 0.230 e. The molecule has 0 aliphatic heterocycles. The zero-order chi connectivity index (χ0) is 13.7. The Morgan fingerprint density at radius 1 is 1.26 bits per heavy atom. The normalized spacial score (nSPS) is 17.4. The van der Waals surface area contributed by atoms with Crippen LogP contribution in [0.15, 0.2) is 24.3 Å². The van der Waals surface area contributed by atoms with Crippen LogP contribution >= 0.6 is 0 Å². The van der Waals surface area contributed by atoms with E-state index in [4.69, 9.17) is 5.73 Å². The van der Waals surface area contributed by atoms with Gasteiger partial charge in [-0.3, -0.25) is 4.79 Å². The minimum atomic E-state index is -0.129. The summed E-state index contributed by atoms with van der Waals surface area (Å²) in [5.74, 6) is 0.194. The molecule has 3 N–H and O–H groups in total. The van der Waals surface area contributed by atoms with Crippen molar-refractivity contribution in [2.24, 2.45) is 11.1 Å². The standard InChI is InChI=1S/C16H24N2O/c1-2-16(10-3-4-11-16)15(19)18-14-7-5-13(6-8-14)9-12-17/h5-8H,2-4,9-12,17H2,1H3,(H,18,19). The molecule has 1 saturated carbocycles. The van der Waals surface area contributed by atoms with Gasteiger partial charge in [-0.25, -0.2) is 0 Å². The number of carbonyl (C=O) groups is 1. The molecule has 2 rings (SSSR count). The third kappa shape index (κ3) is 3.16. The van der Waals surface area contributed by atoms with E-state index >= 15 is 0 Å². The van der Waals surface area contributed by atoms with E-state index in [9.17, 15) is 4.79 Å². The quantitative estimate of drug-likeness (QED) is 0.854. The highest BCUT2D eigenvalue weighted by atomic mass is 16.2. The summed E-state index contributed by atoms with van der Waals surface area (Å²) >= 11 is 0. The predicted molar refractivity (Wildman–Crippen MR) is 79.0 cm³/mol. The number of anilines is 1. The van der Waals surface area contributed by atoms with Crippen LogP contribution in [0.2, 0.25) is 0 Å². The van der Waals surface area contributed by atoms with E-state index in [1.807, 2.05) is 24.3 Å². The highest BCUT2D eigenvalue weighted by Crippen LogP contribution is 2.41. The van der Waals surface area contributed by atoms with E-state index in [1.165, 1.54) is 18.4 Å². The van der Waals surface area contributed by atoms with Gasteiger partial charge in [-0.2, -0.15) is 0 Å². The van der Waals surface area contributed by atoms with Gasteiger partial charge in [0.05, 0.1) is 0 Å². The Kier molecular flexibility index (Phi) is 4.59. The van der Waals surface area contributed by atoms with Gasteiger partial charge < -0.3 is 11.1 Å². The summed E-state index contributed by atoms with van der Waals surface area (Å²) in [7, 11) is 0. The Balaban J connectivity index is 2.02. The second-order valence-electron chi connectivity index (χ2n) is 5.53. The van der Waals surface area contributed by atoms with Crippen LogP contribution in [-0.4, -0.2) is 12.5 Å². The lowest BCUT2D eigenvalue weighted by atomic mass is 9.82. The Labute approximate surface area is 115 Å². The molecule has 0 spiro atoms.